The zero-order chi connectivity index (χ0) is 3.58. The fraction of sp³-hybridized carbons (Fsp3) is 0.500. The molecule has 4 heteroatoms. The average molecular weight is 224 g/mol. The number of hydrogen-bond donors (Lipinski definition) is 1. The van der Waals surface area contributed by atoms with Crippen LogP contribution >= 0.6 is 0 Å². The van der Waals surface area contributed by atoms with Gasteiger partial charge >= 0.3 is 37.7 Å². The van der Waals surface area contributed by atoms with Crippen LogP contribution in [0.5, 0.6) is 0 Å². The minimum atomic E-state index is -0.833. The summed E-state index contributed by atoms with van der Waals surface area (Å²) >= 11 is 0. The van der Waals surface area contributed by atoms with Crippen LogP contribution in [-0.4, -0.2) is 73.2 Å². The molecule has 0 aromatic rings. The number of carboxylic acids is 1. The van der Waals surface area contributed by atoms with E-state index in [1.165, 1.54) is 0 Å². The summed E-state index contributed by atoms with van der Waals surface area (Å²) in [6, 6.07) is 0. The molecule has 0 aromatic carbocycles. The molecule has 2 nitrogen and oxygen atoms in total. The molecule has 0 rings (SSSR count). The fourth-order valence-corrected chi connectivity index (χ4v) is 0. The molecule has 1 N–H and O–H groups in total. The third-order valence-electron chi connectivity index (χ3n) is 0. The molecule has 0 unspecified atom stereocenters. The Hall–Kier alpha value is 1.55. The van der Waals surface area contributed by atoms with E-state index in [2.05, 4.69) is 0 Å². The number of hydrogen-bond acceptors (Lipinski definition) is 1. The molecule has 0 fully saturated rings. The first-order valence-corrected chi connectivity index (χ1v) is 0.928. The minimum Gasteiger partial charge on any atom is 0 e. The van der Waals surface area contributed by atoms with Crippen molar-refractivity contribution < 1.29 is 9.90 Å². The molecule has 0 aliphatic rings. The van der Waals surface area contributed by atoms with Crippen LogP contribution in [0.2, 0.25) is 0 Å². The maximum Gasteiger partial charge on any atom is 0 e. The standard InChI is InChI=1S/C2H4O2.Ca.Sb.2H/c1-2(3)4;;;;/h1H3,(H,3,4);;;;. The van der Waals surface area contributed by atoms with Gasteiger partial charge in [0.2, 0.25) is 0 Å². The summed E-state index contributed by atoms with van der Waals surface area (Å²) in [5.41, 5.74) is 0. The van der Waals surface area contributed by atoms with Crippen molar-refractivity contribution >= 4 is 68.1 Å². The number of carbonyl (C=O) groups is 1. The summed E-state index contributed by atoms with van der Waals surface area (Å²) < 4.78 is 0. The molecule has 0 spiro atoms. The molecule has 33 valence electrons. The average Bonchev–Trinajstić information content (AvgIpc) is 0.811. The second-order valence-corrected chi connectivity index (χ2v) is 0.519. The van der Waals surface area contributed by atoms with Gasteiger partial charge in [-0.15, -0.1) is 0 Å². The minimum absolute atomic E-state index is 0. The third-order valence-corrected chi connectivity index (χ3v) is 0. The number of rotatable bonds is 0. The molecule has 0 saturated carbocycles. The van der Waals surface area contributed by atoms with Crippen LogP contribution in [0.3, 0.4) is 0 Å². The van der Waals surface area contributed by atoms with Gasteiger partial charge in [0.05, 0.1) is 0 Å². The van der Waals surface area contributed by atoms with Gasteiger partial charge in [-0.1, -0.05) is 0 Å². The second-order valence-electron chi connectivity index (χ2n) is 0.519. The van der Waals surface area contributed by atoms with Crippen molar-refractivity contribution in [3.8, 4) is 0 Å². The van der Waals surface area contributed by atoms with Crippen LogP contribution in [0.1, 0.15) is 6.92 Å². The zero-order valence-electron chi connectivity index (χ0n) is 2.80. The summed E-state index contributed by atoms with van der Waals surface area (Å²) in [5, 5.41) is 7.42. The van der Waals surface area contributed by atoms with Gasteiger partial charge in [0.25, 0.3) is 5.97 Å². The van der Waals surface area contributed by atoms with Crippen molar-refractivity contribution in [2.24, 2.45) is 0 Å². The van der Waals surface area contributed by atoms with Gasteiger partial charge in [0.1, 0.15) is 0 Å². The Balaban J connectivity index is -0.0000000450. The maximum absolute atomic E-state index is 9.00. The SMILES string of the molecule is CC(=O)O.[CaH2].[Sb]. The Morgan fingerprint density at radius 1 is 1.67 bits per heavy atom. The largest absolute Gasteiger partial charge is 0 e. The molecule has 0 bridgehead atoms. The molecule has 0 saturated heterocycles. The van der Waals surface area contributed by atoms with Gasteiger partial charge < -0.3 is 5.11 Å². The second kappa shape index (κ2) is 9.74. The van der Waals surface area contributed by atoms with E-state index in [9.17, 15) is 0 Å². The summed E-state index contributed by atoms with van der Waals surface area (Å²) in [7, 11) is 0. The summed E-state index contributed by atoms with van der Waals surface area (Å²) in [5.74, 6) is -0.833. The molecular formula is C2H6CaO2Sb. The normalized spacial score (nSPS) is 4.17. The predicted octanol–water partition coefficient (Wildman–Crippen LogP) is -1.21. The van der Waals surface area contributed by atoms with E-state index in [1.54, 1.807) is 0 Å². The van der Waals surface area contributed by atoms with E-state index < -0.39 is 5.97 Å². The van der Waals surface area contributed by atoms with E-state index >= 15 is 0 Å². The molecule has 0 heterocycles. The number of aliphatic carboxylic acids is 1. The third kappa shape index (κ3) is 47.9. The summed E-state index contributed by atoms with van der Waals surface area (Å²) in [6.45, 7) is 1.08. The molecular weight excluding hydrogens is 218 g/mol. The number of carboxylic acid groups (broad SMARTS) is 1. The predicted molar refractivity (Wildman–Crippen MR) is 27.6 cm³/mol. The fourth-order valence-electron chi connectivity index (χ4n) is 0. The van der Waals surface area contributed by atoms with Gasteiger partial charge in [0, 0.05) is 31.4 Å². The Morgan fingerprint density at radius 3 is 1.67 bits per heavy atom. The Kier molecular flexibility index (Phi) is 25.4. The Morgan fingerprint density at radius 2 is 1.67 bits per heavy atom. The first-order chi connectivity index (χ1) is 1.73. The van der Waals surface area contributed by atoms with Crippen molar-refractivity contribution in [1.82, 2.24) is 0 Å². The molecule has 0 aliphatic heterocycles. The molecule has 0 atom stereocenters. The van der Waals surface area contributed by atoms with Crippen molar-refractivity contribution in [3.63, 3.8) is 0 Å². The molecule has 0 amide bonds. The molecule has 0 aromatic heterocycles. The van der Waals surface area contributed by atoms with Crippen LogP contribution in [0.4, 0.5) is 0 Å². The van der Waals surface area contributed by atoms with E-state index in [1.807, 2.05) is 0 Å². The van der Waals surface area contributed by atoms with Crippen LogP contribution in [0, 0.1) is 0 Å². The van der Waals surface area contributed by atoms with Gasteiger partial charge in [-0.2, -0.15) is 0 Å². The first-order valence-electron chi connectivity index (χ1n) is 0.928. The first kappa shape index (κ1) is 15.6. The smallest absolute Gasteiger partial charge is 0 e. The van der Waals surface area contributed by atoms with E-state index in [-0.39, 0.29) is 62.2 Å². The monoisotopic (exact) mass is 223 g/mol. The van der Waals surface area contributed by atoms with Crippen LogP contribution in [0.25, 0.3) is 0 Å². The van der Waals surface area contributed by atoms with Crippen LogP contribution in [0.15, 0.2) is 0 Å². The Labute approximate surface area is 83.7 Å². The molecule has 0 aliphatic carbocycles. The maximum atomic E-state index is 9.00. The molecule has 6 heavy (non-hydrogen) atoms. The van der Waals surface area contributed by atoms with E-state index in [0.29, 0.717) is 0 Å². The van der Waals surface area contributed by atoms with Crippen LogP contribution in [-0.2, 0) is 4.79 Å². The van der Waals surface area contributed by atoms with Crippen molar-refractivity contribution in [2.45, 2.75) is 6.92 Å². The van der Waals surface area contributed by atoms with Gasteiger partial charge in [-0.05, 0) is 0 Å². The van der Waals surface area contributed by atoms with Gasteiger partial charge in [-0.3, -0.25) is 4.79 Å². The van der Waals surface area contributed by atoms with Crippen LogP contribution < -0.4 is 0 Å². The summed E-state index contributed by atoms with van der Waals surface area (Å²) in [4.78, 5) is 9.00. The van der Waals surface area contributed by atoms with E-state index in [0.717, 1.165) is 6.92 Å². The molecule has 3 radical (unpaired) electrons. The quantitative estimate of drug-likeness (QED) is 0.524. The van der Waals surface area contributed by atoms with Gasteiger partial charge in [-0.25, -0.2) is 0 Å². The van der Waals surface area contributed by atoms with Crippen molar-refractivity contribution in [3.05, 3.63) is 0 Å². The topological polar surface area (TPSA) is 37.3 Å². The van der Waals surface area contributed by atoms with Gasteiger partial charge in [0.15, 0.2) is 0 Å². The van der Waals surface area contributed by atoms with Crippen molar-refractivity contribution in [1.29, 1.82) is 0 Å². The Bertz CT molecular complexity index is 34.5. The van der Waals surface area contributed by atoms with Crippen molar-refractivity contribution in [2.75, 3.05) is 0 Å². The zero-order valence-corrected chi connectivity index (χ0v) is 5.36. The van der Waals surface area contributed by atoms with E-state index in [4.69, 9.17) is 9.90 Å². The summed E-state index contributed by atoms with van der Waals surface area (Å²) in [6.07, 6.45) is 0.